The molecule has 70 valence electrons. The van der Waals surface area contributed by atoms with E-state index in [4.69, 9.17) is 5.21 Å². The van der Waals surface area contributed by atoms with Crippen LogP contribution < -0.4 is 5.48 Å². The van der Waals surface area contributed by atoms with Crippen molar-refractivity contribution < 1.29 is 10.0 Å². The Morgan fingerprint density at radius 3 is 2.92 bits per heavy atom. The Morgan fingerprint density at radius 1 is 1.69 bits per heavy atom. The highest BCUT2D eigenvalue weighted by atomic mass is 32.1. The Labute approximate surface area is 79.6 Å². The van der Waals surface area contributed by atoms with Gasteiger partial charge in [-0.25, -0.2) is 10.5 Å². The summed E-state index contributed by atoms with van der Waals surface area (Å²) >= 11 is 1.38. The fourth-order valence-corrected chi connectivity index (χ4v) is 2.31. The zero-order valence-corrected chi connectivity index (χ0v) is 8.02. The van der Waals surface area contributed by atoms with E-state index in [9.17, 15) is 4.79 Å². The van der Waals surface area contributed by atoms with Gasteiger partial charge < -0.3 is 0 Å². The number of rotatable bonds is 2. The second-order valence-electron chi connectivity index (χ2n) is 3.18. The molecule has 0 unspecified atom stereocenters. The third-order valence-electron chi connectivity index (χ3n) is 2.05. The Morgan fingerprint density at radius 2 is 2.38 bits per heavy atom. The van der Waals surface area contributed by atoms with Gasteiger partial charge in [-0.3, -0.25) is 10.0 Å². The molecule has 2 rings (SSSR count). The van der Waals surface area contributed by atoms with E-state index in [0.29, 0.717) is 16.5 Å². The number of aryl methyl sites for hydroxylation is 1. The van der Waals surface area contributed by atoms with E-state index in [1.54, 1.807) is 12.4 Å². The summed E-state index contributed by atoms with van der Waals surface area (Å²) in [4.78, 5) is 15.9. The van der Waals surface area contributed by atoms with Gasteiger partial charge in [0.1, 0.15) is 4.88 Å². The van der Waals surface area contributed by atoms with E-state index >= 15 is 0 Å². The zero-order chi connectivity index (χ0) is 9.42. The molecule has 1 fully saturated rings. The number of hydrogen-bond acceptors (Lipinski definition) is 4. The maximum absolute atomic E-state index is 11.1. The van der Waals surface area contributed by atoms with Crippen molar-refractivity contribution >= 4 is 17.2 Å². The predicted octanol–water partition coefficient (Wildman–Crippen LogP) is 1.45. The first-order valence-electron chi connectivity index (χ1n) is 4.14. The zero-order valence-electron chi connectivity index (χ0n) is 7.20. The molecule has 0 bridgehead atoms. The van der Waals surface area contributed by atoms with Crippen LogP contribution in [0, 0.1) is 6.92 Å². The molecule has 1 aromatic heterocycles. The van der Waals surface area contributed by atoms with Crippen LogP contribution in [0.5, 0.6) is 0 Å². The second-order valence-corrected chi connectivity index (χ2v) is 4.21. The van der Waals surface area contributed by atoms with Crippen molar-refractivity contribution in [1.29, 1.82) is 0 Å². The first-order chi connectivity index (χ1) is 6.22. The minimum absolute atomic E-state index is 0.457. The maximum atomic E-state index is 11.1. The van der Waals surface area contributed by atoms with Gasteiger partial charge in [0.2, 0.25) is 0 Å². The van der Waals surface area contributed by atoms with Gasteiger partial charge in [0, 0.05) is 5.92 Å². The minimum atomic E-state index is -0.457. The van der Waals surface area contributed by atoms with Crippen LogP contribution in [0.3, 0.4) is 0 Å². The third-order valence-corrected chi connectivity index (χ3v) is 3.37. The molecule has 13 heavy (non-hydrogen) atoms. The summed E-state index contributed by atoms with van der Waals surface area (Å²) < 4.78 is 0. The van der Waals surface area contributed by atoms with Gasteiger partial charge in [0.05, 0.1) is 10.7 Å². The maximum Gasteiger partial charge on any atom is 0.286 e. The van der Waals surface area contributed by atoms with Crippen LogP contribution in [-0.2, 0) is 0 Å². The summed E-state index contributed by atoms with van der Waals surface area (Å²) in [5.41, 5.74) is 2.33. The lowest BCUT2D eigenvalue weighted by Crippen LogP contribution is -2.18. The second kappa shape index (κ2) is 3.08. The molecule has 0 radical (unpaired) electrons. The highest BCUT2D eigenvalue weighted by Gasteiger charge is 2.28. The van der Waals surface area contributed by atoms with E-state index in [-0.39, 0.29) is 0 Å². The van der Waals surface area contributed by atoms with Crippen LogP contribution in [0.4, 0.5) is 0 Å². The molecule has 1 saturated carbocycles. The first-order valence-corrected chi connectivity index (χ1v) is 4.95. The van der Waals surface area contributed by atoms with Gasteiger partial charge in [-0.1, -0.05) is 0 Å². The summed E-state index contributed by atoms with van der Waals surface area (Å²) in [7, 11) is 0. The molecule has 4 nitrogen and oxygen atoms in total. The molecule has 1 amide bonds. The van der Waals surface area contributed by atoms with Crippen molar-refractivity contribution in [3.05, 3.63) is 15.6 Å². The fourth-order valence-electron chi connectivity index (χ4n) is 1.18. The van der Waals surface area contributed by atoms with E-state index in [0.717, 1.165) is 5.01 Å². The number of nitrogens with one attached hydrogen (secondary N) is 1. The van der Waals surface area contributed by atoms with Crippen LogP contribution in [0.15, 0.2) is 0 Å². The standard InChI is InChI=1S/C8H10N2O2S/c1-4-6(7(11)10-12)13-8(9-4)5-2-3-5/h5,12H,2-3H2,1H3,(H,10,11). The molecular weight excluding hydrogens is 188 g/mol. The van der Waals surface area contributed by atoms with Crippen molar-refractivity contribution in [3.8, 4) is 0 Å². The number of carbonyl (C=O) groups is 1. The molecular formula is C8H10N2O2S. The van der Waals surface area contributed by atoms with Crippen molar-refractivity contribution in [1.82, 2.24) is 10.5 Å². The normalized spacial score (nSPS) is 15.8. The average Bonchev–Trinajstić information content (AvgIpc) is 2.89. The van der Waals surface area contributed by atoms with Crippen molar-refractivity contribution in [3.63, 3.8) is 0 Å². The van der Waals surface area contributed by atoms with Gasteiger partial charge >= 0.3 is 0 Å². The molecule has 5 heteroatoms. The lowest BCUT2D eigenvalue weighted by molar-refractivity contribution is 0.0710. The fraction of sp³-hybridized carbons (Fsp3) is 0.500. The van der Waals surface area contributed by atoms with E-state index in [1.807, 2.05) is 0 Å². The Bertz CT molecular complexity index is 344. The largest absolute Gasteiger partial charge is 0.288 e. The topological polar surface area (TPSA) is 62.2 Å². The van der Waals surface area contributed by atoms with Crippen molar-refractivity contribution in [2.24, 2.45) is 0 Å². The van der Waals surface area contributed by atoms with Gasteiger partial charge in [-0.05, 0) is 19.8 Å². The average molecular weight is 198 g/mol. The summed E-state index contributed by atoms with van der Waals surface area (Å²) in [6.07, 6.45) is 2.35. The highest BCUT2D eigenvalue weighted by Crippen LogP contribution is 2.42. The number of nitrogens with zero attached hydrogens (tertiary/aromatic N) is 1. The SMILES string of the molecule is Cc1nc(C2CC2)sc1C(=O)NO. The molecule has 0 aromatic carbocycles. The number of hydrogen-bond donors (Lipinski definition) is 2. The Balaban J connectivity index is 2.29. The van der Waals surface area contributed by atoms with E-state index in [1.165, 1.54) is 24.2 Å². The van der Waals surface area contributed by atoms with Crippen molar-refractivity contribution in [2.75, 3.05) is 0 Å². The number of carbonyl (C=O) groups excluding carboxylic acids is 1. The summed E-state index contributed by atoms with van der Waals surface area (Å²) in [6.45, 7) is 1.78. The van der Waals surface area contributed by atoms with Crippen LogP contribution in [0.25, 0.3) is 0 Å². The van der Waals surface area contributed by atoms with E-state index < -0.39 is 5.91 Å². The van der Waals surface area contributed by atoms with Crippen LogP contribution >= 0.6 is 11.3 Å². The smallest absolute Gasteiger partial charge is 0.286 e. The quantitative estimate of drug-likeness (QED) is 0.558. The molecule has 1 heterocycles. The van der Waals surface area contributed by atoms with Gasteiger partial charge in [0.25, 0.3) is 5.91 Å². The Hall–Kier alpha value is -0.940. The molecule has 1 aliphatic carbocycles. The number of thiazole rings is 1. The summed E-state index contributed by atoms with van der Waals surface area (Å²) in [6, 6.07) is 0. The molecule has 0 spiro atoms. The minimum Gasteiger partial charge on any atom is -0.288 e. The van der Waals surface area contributed by atoms with E-state index in [2.05, 4.69) is 4.98 Å². The molecule has 0 aliphatic heterocycles. The van der Waals surface area contributed by atoms with Crippen LogP contribution in [0.1, 0.15) is 39.1 Å². The third kappa shape index (κ3) is 1.57. The number of amides is 1. The molecule has 1 aromatic rings. The summed E-state index contributed by atoms with van der Waals surface area (Å²) in [5.74, 6) is 0.103. The summed E-state index contributed by atoms with van der Waals surface area (Å²) in [5, 5.41) is 9.48. The number of hydroxylamine groups is 1. The van der Waals surface area contributed by atoms with Crippen molar-refractivity contribution in [2.45, 2.75) is 25.7 Å². The van der Waals surface area contributed by atoms with Gasteiger partial charge in [-0.2, -0.15) is 0 Å². The molecule has 0 saturated heterocycles. The monoisotopic (exact) mass is 198 g/mol. The van der Waals surface area contributed by atoms with Gasteiger partial charge in [0.15, 0.2) is 0 Å². The molecule has 0 atom stereocenters. The number of aromatic nitrogens is 1. The van der Waals surface area contributed by atoms with Gasteiger partial charge in [-0.15, -0.1) is 11.3 Å². The van der Waals surface area contributed by atoms with Crippen LogP contribution in [0.2, 0.25) is 0 Å². The first kappa shape index (κ1) is 8.65. The lowest BCUT2D eigenvalue weighted by Gasteiger charge is -1.92. The Kier molecular flexibility index (Phi) is 2.05. The molecule has 2 N–H and O–H groups in total. The predicted molar refractivity (Wildman–Crippen MR) is 48.1 cm³/mol. The molecule has 1 aliphatic rings. The lowest BCUT2D eigenvalue weighted by atomic mass is 10.4. The van der Waals surface area contributed by atoms with Crippen LogP contribution in [-0.4, -0.2) is 16.1 Å². The highest BCUT2D eigenvalue weighted by molar-refractivity contribution is 7.13.